The fourth-order valence-electron chi connectivity index (χ4n) is 4.91. The van der Waals surface area contributed by atoms with E-state index >= 15 is 0 Å². The molecule has 2 aliphatic heterocycles. The minimum absolute atomic E-state index is 0.137. The normalized spacial score (nSPS) is 22.4. The molecule has 0 bridgehead atoms. The standard InChI is InChI=1S/C23H30N4O2S/c1-3-23(28,4-2)15-5-6-16-17(14-27-8-10-29-11-9-27)20(24-19(16)13-15)21-22-18(25-26-21)7-12-30-22/h5-7,12-13,17,20,24,28H,3-4,8-11,14H2,1-2H3,(H,25,26). The summed E-state index contributed by atoms with van der Waals surface area (Å²) in [7, 11) is 0. The first-order valence-corrected chi connectivity index (χ1v) is 11.9. The van der Waals surface area contributed by atoms with E-state index in [1.165, 1.54) is 10.3 Å². The van der Waals surface area contributed by atoms with E-state index in [-0.39, 0.29) is 6.04 Å². The van der Waals surface area contributed by atoms with Gasteiger partial charge in [0, 0.05) is 31.2 Å². The number of hydrogen-bond donors (Lipinski definition) is 3. The smallest absolute Gasteiger partial charge is 0.103 e. The average Bonchev–Trinajstić information content (AvgIpc) is 3.48. The number of morpholine rings is 1. The number of rotatable bonds is 6. The van der Waals surface area contributed by atoms with Crippen molar-refractivity contribution in [1.29, 1.82) is 0 Å². The Hall–Kier alpha value is -1.93. The number of ether oxygens (including phenoxy) is 1. The molecule has 3 N–H and O–H groups in total. The fraction of sp³-hybridized carbons (Fsp3) is 0.522. The Balaban J connectivity index is 1.53. The second-order valence-corrected chi connectivity index (χ2v) is 9.37. The highest BCUT2D eigenvalue weighted by molar-refractivity contribution is 7.17. The molecule has 2 aromatic heterocycles. The molecular formula is C23H30N4O2S. The monoisotopic (exact) mass is 426 g/mol. The number of fused-ring (bicyclic) bond motifs is 2. The molecule has 2 unspecified atom stereocenters. The molecule has 2 aliphatic rings. The Morgan fingerprint density at radius 1 is 1.23 bits per heavy atom. The lowest BCUT2D eigenvalue weighted by molar-refractivity contribution is 0.0284. The second-order valence-electron chi connectivity index (χ2n) is 8.45. The van der Waals surface area contributed by atoms with Gasteiger partial charge in [-0.25, -0.2) is 0 Å². The van der Waals surface area contributed by atoms with Gasteiger partial charge in [0.25, 0.3) is 0 Å². The van der Waals surface area contributed by atoms with Crippen LogP contribution in [-0.2, 0) is 10.3 Å². The molecule has 30 heavy (non-hydrogen) atoms. The lowest BCUT2D eigenvalue weighted by Gasteiger charge is -2.31. The Bertz CT molecular complexity index is 1020. The van der Waals surface area contributed by atoms with Crippen LogP contribution in [0.1, 0.15) is 55.5 Å². The van der Waals surface area contributed by atoms with Crippen molar-refractivity contribution in [2.24, 2.45) is 0 Å². The average molecular weight is 427 g/mol. The summed E-state index contributed by atoms with van der Waals surface area (Å²) in [5.41, 5.74) is 4.88. The van der Waals surface area contributed by atoms with Crippen molar-refractivity contribution in [2.75, 3.05) is 38.2 Å². The third-order valence-electron chi connectivity index (χ3n) is 6.93. The lowest BCUT2D eigenvalue weighted by Crippen LogP contribution is -2.39. The van der Waals surface area contributed by atoms with E-state index < -0.39 is 5.60 Å². The van der Waals surface area contributed by atoms with Crippen molar-refractivity contribution in [3.63, 3.8) is 0 Å². The molecule has 7 heteroatoms. The first-order chi connectivity index (χ1) is 14.6. The summed E-state index contributed by atoms with van der Waals surface area (Å²) in [4.78, 5) is 2.50. The first kappa shape index (κ1) is 20.0. The number of thiophene rings is 1. The number of H-pyrrole nitrogens is 1. The van der Waals surface area contributed by atoms with E-state index in [4.69, 9.17) is 4.74 Å². The van der Waals surface area contributed by atoms with Gasteiger partial charge in [-0.05, 0) is 41.5 Å². The molecule has 6 nitrogen and oxygen atoms in total. The molecule has 0 amide bonds. The van der Waals surface area contributed by atoms with E-state index in [1.54, 1.807) is 11.3 Å². The zero-order valence-electron chi connectivity index (χ0n) is 17.6. The molecule has 1 fully saturated rings. The third-order valence-corrected chi connectivity index (χ3v) is 7.87. The second kappa shape index (κ2) is 7.96. The molecule has 160 valence electrons. The predicted molar refractivity (Wildman–Crippen MR) is 121 cm³/mol. The summed E-state index contributed by atoms with van der Waals surface area (Å²) in [6.45, 7) is 8.62. The summed E-state index contributed by atoms with van der Waals surface area (Å²) in [6, 6.07) is 8.71. The number of aromatic nitrogens is 2. The Morgan fingerprint density at radius 3 is 2.80 bits per heavy atom. The maximum Gasteiger partial charge on any atom is 0.103 e. The molecular weight excluding hydrogens is 396 g/mol. The minimum atomic E-state index is -0.774. The van der Waals surface area contributed by atoms with Crippen molar-refractivity contribution in [2.45, 2.75) is 44.2 Å². The summed E-state index contributed by atoms with van der Waals surface area (Å²) in [6.07, 6.45) is 1.42. The third kappa shape index (κ3) is 3.34. The van der Waals surface area contributed by atoms with E-state index in [0.29, 0.717) is 18.8 Å². The molecule has 5 rings (SSSR count). The quantitative estimate of drug-likeness (QED) is 0.551. The summed E-state index contributed by atoms with van der Waals surface area (Å²) < 4.78 is 6.79. The van der Waals surface area contributed by atoms with Crippen LogP contribution in [0, 0.1) is 0 Å². The first-order valence-electron chi connectivity index (χ1n) is 11.0. The van der Waals surface area contributed by atoms with E-state index in [2.05, 4.69) is 50.1 Å². The maximum atomic E-state index is 11.1. The molecule has 1 aromatic carbocycles. The highest BCUT2D eigenvalue weighted by Crippen LogP contribution is 2.47. The van der Waals surface area contributed by atoms with Crippen LogP contribution in [0.25, 0.3) is 10.2 Å². The predicted octanol–water partition coefficient (Wildman–Crippen LogP) is 4.21. The van der Waals surface area contributed by atoms with Gasteiger partial charge in [0.1, 0.15) is 5.52 Å². The number of hydrogen-bond acceptors (Lipinski definition) is 6. The summed E-state index contributed by atoms with van der Waals surface area (Å²) in [5, 5.41) is 24.8. The minimum Gasteiger partial charge on any atom is -0.385 e. The molecule has 4 heterocycles. The highest BCUT2D eigenvalue weighted by atomic mass is 32.1. The van der Waals surface area contributed by atoms with Crippen LogP contribution in [0.3, 0.4) is 0 Å². The molecule has 3 aromatic rings. The van der Waals surface area contributed by atoms with E-state index in [9.17, 15) is 5.11 Å². The molecule has 2 atom stereocenters. The molecule has 0 radical (unpaired) electrons. The van der Waals surface area contributed by atoms with Crippen molar-refractivity contribution >= 4 is 27.2 Å². The van der Waals surface area contributed by atoms with Crippen LogP contribution < -0.4 is 5.32 Å². The number of aromatic amines is 1. The SMILES string of the molecule is CCC(O)(CC)c1ccc2c(c1)NC(c1[nH]nc3ccsc13)C2CN1CCOCC1. The zero-order valence-corrected chi connectivity index (χ0v) is 18.5. The van der Waals surface area contributed by atoms with Crippen LogP contribution in [0.2, 0.25) is 0 Å². The van der Waals surface area contributed by atoms with Gasteiger partial charge in [0.2, 0.25) is 0 Å². The zero-order chi connectivity index (χ0) is 20.7. The molecule has 0 spiro atoms. The number of benzene rings is 1. The Labute approximate surface area is 181 Å². The lowest BCUT2D eigenvalue weighted by atomic mass is 9.86. The Kier molecular flexibility index (Phi) is 5.31. The van der Waals surface area contributed by atoms with Crippen molar-refractivity contribution in [1.82, 2.24) is 15.1 Å². The van der Waals surface area contributed by atoms with Crippen LogP contribution in [0.5, 0.6) is 0 Å². The van der Waals surface area contributed by atoms with Gasteiger partial charge in [-0.15, -0.1) is 11.3 Å². The molecule has 0 aliphatic carbocycles. The fourth-order valence-corrected chi connectivity index (χ4v) is 5.78. The Morgan fingerprint density at radius 2 is 2.03 bits per heavy atom. The topological polar surface area (TPSA) is 73.4 Å². The van der Waals surface area contributed by atoms with E-state index in [1.807, 2.05) is 13.8 Å². The van der Waals surface area contributed by atoms with Crippen LogP contribution >= 0.6 is 11.3 Å². The van der Waals surface area contributed by atoms with Gasteiger partial charge in [-0.2, -0.15) is 5.10 Å². The van der Waals surface area contributed by atoms with Crippen LogP contribution in [0.15, 0.2) is 29.6 Å². The van der Waals surface area contributed by atoms with Gasteiger partial charge in [-0.1, -0.05) is 26.0 Å². The van der Waals surface area contributed by atoms with Crippen molar-refractivity contribution in [3.8, 4) is 0 Å². The largest absolute Gasteiger partial charge is 0.385 e. The summed E-state index contributed by atoms with van der Waals surface area (Å²) in [5.74, 6) is 0.314. The number of aliphatic hydroxyl groups is 1. The molecule has 0 saturated carbocycles. The van der Waals surface area contributed by atoms with Gasteiger partial charge in [0.05, 0.1) is 35.3 Å². The maximum absolute atomic E-state index is 11.1. The van der Waals surface area contributed by atoms with Gasteiger partial charge in [-0.3, -0.25) is 10.00 Å². The summed E-state index contributed by atoms with van der Waals surface area (Å²) >= 11 is 1.74. The molecule has 1 saturated heterocycles. The van der Waals surface area contributed by atoms with Gasteiger partial charge >= 0.3 is 0 Å². The number of nitrogens with one attached hydrogen (secondary N) is 2. The van der Waals surface area contributed by atoms with Gasteiger partial charge < -0.3 is 15.2 Å². The van der Waals surface area contributed by atoms with E-state index in [0.717, 1.165) is 55.3 Å². The number of nitrogens with zero attached hydrogens (tertiary/aromatic N) is 2. The van der Waals surface area contributed by atoms with Gasteiger partial charge in [0.15, 0.2) is 0 Å². The van der Waals surface area contributed by atoms with Crippen molar-refractivity contribution < 1.29 is 9.84 Å². The van der Waals surface area contributed by atoms with Crippen molar-refractivity contribution in [3.05, 3.63) is 46.5 Å². The van der Waals surface area contributed by atoms with Crippen LogP contribution in [-0.4, -0.2) is 53.1 Å². The highest BCUT2D eigenvalue weighted by Gasteiger charge is 2.38. The van der Waals surface area contributed by atoms with Crippen LogP contribution in [0.4, 0.5) is 5.69 Å². The number of anilines is 1.